The molecule has 0 fully saturated rings. The van der Waals surface area contributed by atoms with Gasteiger partial charge in [0.05, 0.1) is 4.90 Å². The molecule has 134 valence electrons. The van der Waals surface area contributed by atoms with E-state index in [0.717, 1.165) is 0 Å². The molecule has 0 radical (unpaired) electrons. The molecule has 1 unspecified atom stereocenters. The van der Waals surface area contributed by atoms with Gasteiger partial charge in [-0.25, -0.2) is 8.42 Å². The monoisotopic (exact) mass is 356 g/mol. The minimum Gasteiger partial charge on any atom is -0.480 e. The zero-order valence-corrected chi connectivity index (χ0v) is 15.1. The molecule has 0 saturated heterocycles. The SMILES string of the molecule is CCN(CC)C(=O)c1ccc(S(=O)(=O)NC(C(=O)O)C(C)C)cc1. The lowest BCUT2D eigenvalue weighted by Crippen LogP contribution is -2.44. The molecule has 1 aromatic rings. The lowest BCUT2D eigenvalue weighted by molar-refractivity contribution is -0.140. The Morgan fingerprint density at radius 2 is 1.62 bits per heavy atom. The van der Waals surface area contributed by atoms with Crippen molar-refractivity contribution in [2.45, 2.75) is 38.6 Å². The number of amides is 1. The van der Waals surface area contributed by atoms with Crippen molar-refractivity contribution in [2.75, 3.05) is 13.1 Å². The van der Waals surface area contributed by atoms with Crippen LogP contribution in [-0.2, 0) is 14.8 Å². The summed E-state index contributed by atoms with van der Waals surface area (Å²) in [6, 6.07) is 4.25. The largest absolute Gasteiger partial charge is 0.480 e. The number of hydrogen-bond donors (Lipinski definition) is 2. The molecule has 1 rings (SSSR count). The molecule has 8 heteroatoms. The van der Waals surface area contributed by atoms with E-state index in [1.165, 1.54) is 24.3 Å². The average molecular weight is 356 g/mol. The van der Waals surface area contributed by atoms with Crippen molar-refractivity contribution >= 4 is 21.9 Å². The molecule has 0 aromatic heterocycles. The predicted molar refractivity (Wildman–Crippen MR) is 90.3 cm³/mol. The Balaban J connectivity index is 3.03. The smallest absolute Gasteiger partial charge is 0.322 e. The first kappa shape index (κ1) is 20.1. The number of nitrogens with one attached hydrogen (secondary N) is 1. The van der Waals surface area contributed by atoms with Gasteiger partial charge in [0.1, 0.15) is 6.04 Å². The summed E-state index contributed by atoms with van der Waals surface area (Å²) in [7, 11) is -3.98. The summed E-state index contributed by atoms with van der Waals surface area (Å²) in [5.41, 5.74) is 0.385. The number of aliphatic carboxylic acids is 1. The van der Waals surface area contributed by atoms with Crippen LogP contribution in [0.15, 0.2) is 29.2 Å². The van der Waals surface area contributed by atoms with Crippen LogP contribution in [0.25, 0.3) is 0 Å². The molecule has 7 nitrogen and oxygen atoms in total. The summed E-state index contributed by atoms with van der Waals surface area (Å²) in [5, 5.41) is 9.11. The Hall–Kier alpha value is -1.93. The van der Waals surface area contributed by atoms with Gasteiger partial charge < -0.3 is 10.0 Å². The second kappa shape index (κ2) is 8.25. The Kier molecular flexibility index (Phi) is 6.92. The van der Waals surface area contributed by atoms with Gasteiger partial charge in [-0.3, -0.25) is 9.59 Å². The van der Waals surface area contributed by atoms with E-state index in [9.17, 15) is 18.0 Å². The number of benzene rings is 1. The second-order valence-electron chi connectivity index (χ2n) is 5.68. The van der Waals surface area contributed by atoms with Crippen LogP contribution in [0.2, 0.25) is 0 Å². The van der Waals surface area contributed by atoms with Crippen molar-refractivity contribution in [1.82, 2.24) is 9.62 Å². The molecular formula is C16H24N2O5S. The number of rotatable bonds is 8. The number of carboxylic acid groups (broad SMARTS) is 1. The molecule has 0 saturated carbocycles. The highest BCUT2D eigenvalue weighted by Crippen LogP contribution is 2.14. The van der Waals surface area contributed by atoms with E-state index < -0.39 is 28.0 Å². The number of carboxylic acids is 1. The number of sulfonamides is 1. The topological polar surface area (TPSA) is 104 Å². The van der Waals surface area contributed by atoms with Gasteiger partial charge in [-0.2, -0.15) is 4.72 Å². The van der Waals surface area contributed by atoms with E-state index in [-0.39, 0.29) is 10.8 Å². The first-order valence-corrected chi connectivity index (χ1v) is 9.26. The van der Waals surface area contributed by atoms with Crippen LogP contribution in [-0.4, -0.2) is 49.4 Å². The highest BCUT2D eigenvalue weighted by molar-refractivity contribution is 7.89. The highest BCUT2D eigenvalue weighted by Gasteiger charge is 2.28. The number of hydrogen-bond acceptors (Lipinski definition) is 4. The molecule has 0 heterocycles. The van der Waals surface area contributed by atoms with Crippen LogP contribution in [0, 0.1) is 5.92 Å². The fourth-order valence-electron chi connectivity index (χ4n) is 2.18. The molecule has 24 heavy (non-hydrogen) atoms. The van der Waals surface area contributed by atoms with Gasteiger partial charge in [0.15, 0.2) is 0 Å². The first-order valence-electron chi connectivity index (χ1n) is 7.78. The fourth-order valence-corrected chi connectivity index (χ4v) is 3.51. The Morgan fingerprint density at radius 3 is 2.00 bits per heavy atom. The minimum atomic E-state index is -3.98. The molecule has 1 amide bonds. The molecule has 0 spiro atoms. The summed E-state index contributed by atoms with van der Waals surface area (Å²) >= 11 is 0. The maximum atomic E-state index is 12.3. The lowest BCUT2D eigenvalue weighted by atomic mass is 10.1. The van der Waals surface area contributed by atoms with Gasteiger partial charge in [-0.15, -0.1) is 0 Å². The van der Waals surface area contributed by atoms with Gasteiger partial charge >= 0.3 is 5.97 Å². The van der Waals surface area contributed by atoms with E-state index in [1.54, 1.807) is 18.7 Å². The summed E-state index contributed by atoms with van der Waals surface area (Å²) in [6.45, 7) is 8.09. The zero-order valence-electron chi connectivity index (χ0n) is 14.3. The third kappa shape index (κ3) is 4.78. The van der Waals surface area contributed by atoms with Gasteiger partial charge in [-0.05, 0) is 44.0 Å². The van der Waals surface area contributed by atoms with Crippen LogP contribution >= 0.6 is 0 Å². The molecule has 0 bridgehead atoms. The van der Waals surface area contributed by atoms with Gasteiger partial charge in [0.2, 0.25) is 10.0 Å². The number of nitrogens with zero attached hydrogens (tertiary/aromatic N) is 1. The highest BCUT2D eigenvalue weighted by atomic mass is 32.2. The minimum absolute atomic E-state index is 0.0782. The van der Waals surface area contributed by atoms with Crippen LogP contribution in [0.1, 0.15) is 38.1 Å². The molecule has 0 aliphatic rings. The van der Waals surface area contributed by atoms with Crippen LogP contribution in [0.5, 0.6) is 0 Å². The van der Waals surface area contributed by atoms with Crippen molar-refractivity contribution in [3.63, 3.8) is 0 Å². The molecular weight excluding hydrogens is 332 g/mol. The van der Waals surface area contributed by atoms with Gasteiger partial charge in [0.25, 0.3) is 5.91 Å². The van der Waals surface area contributed by atoms with Gasteiger partial charge in [0, 0.05) is 18.7 Å². The third-order valence-corrected chi connectivity index (χ3v) is 5.13. The summed E-state index contributed by atoms with van der Waals surface area (Å²) in [4.78, 5) is 24.9. The average Bonchev–Trinajstić information content (AvgIpc) is 2.53. The van der Waals surface area contributed by atoms with E-state index >= 15 is 0 Å². The Morgan fingerprint density at radius 1 is 1.12 bits per heavy atom. The summed E-state index contributed by atoms with van der Waals surface area (Å²) in [5.74, 6) is -1.81. The molecule has 0 aliphatic carbocycles. The first-order chi connectivity index (χ1) is 11.1. The Bertz CT molecular complexity index is 679. The maximum absolute atomic E-state index is 12.3. The quantitative estimate of drug-likeness (QED) is 0.735. The van der Waals surface area contributed by atoms with Crippen LogP contribution < -0.4 is 4.72 Å². The molecule has 0 aliphatic heterocycles. The fraction of sp³-hybridized carbons (Fsp3) is 0.500. The zero-order chi connectivity index (χ0) is 18.5. The molecule has 1 atom stereocenters. The predicted octanol–water partition coefficient (Wildman–Crippen LogP) is 1.56. The summed E-state index contributed by atoms with van der Waals surface area (Å²) in [6.07, 6.45) is 0. The van der Waals surface area contributed by atoms with Crippen molar-refractivity contribution in [3.8, 4) is 0 Å². The lowest BCUT2D eigenvalue weighted by Gasteiger charge is -2.19. The number of carbonyl (C=O) groups is 2. The van der Waals surface area contributed by atoms with Crippen molar-refractivity contribution in [2.24, 2.45) is 5.92 Å². The third-order valence-electron chi connectivity index (χ3n) is 3.68. The normalized spacial score (nSPS) is 12.9. The Labute approximate surface area is 142 Å². The molecule has 2 N–H and O–H groups in total. The second-order valence-corrected chi connectivity index (χ2v) is 7.40. The van der Waals surface area contributed by atoms with E-state index in [4.69, 9.17) is 5.11 Å². The van der Waals surface area contributed by atoms with Crippen LogP contribution in [0.3, 0.4) is 0 Å². The van der Waals surface area contributed by atoms with Crippen molar-refractivity contribution in [3.05, 3.63) is 29.8 Å². The number of carbonyl (C=O) groups excluding carboxylic acids is 1. The standard InChI is InChI=1S/C16H24N2O5S/c1-5-18(6-2)15(19)12-7-9-13(10-8-12)24(22,23)17-14(11(3)4)16(20)21/h7-11,14,17H,5-6H2,1-4H3,(H,20,21). The van der Waals surface area contributed by atoms with Crippen molar-refractivity contribution < 1.29 is 23.1 Å². The maximum Gasteiger partial charge on any atom is 0.322 e. The van der Waals surface area contributed by atoms with Crippen LogP contribution in [0.4, 0.5) is 0 Å². The van der Waals surface area contributed by atoms with E-state index in [0.29, 0.717) is 18.7 Å². The molecule has 1 aromatic carbocycles. The van der Waals surface area contributed by atoms with Crippen molar-refractivity contribution in [1.29, 1.82) is 0 Å². The van der Waals surface area contributed by atoms with E-state index in [2.05, 4.69) is 4.72 Å². The van der Waals surface area contributed by atoms with Gasteiger partial charge in [-0.1, -0.05) is 13.8 Å². The summed E-state index contributed by atoms with van der Waals surface area (Å²) < 4.78 is 26.8. The van der Waals surface area contributed by atoms with E-state index in [1.807, 2.05) is 13.8 Å².